The predicted molar refractivity (Wildman–Crippen MR) is 146 cm³/mol. The molecule has 0 radical (unpaired) electrons. The summed E-state index contributed by atoms with van der Waals surface area (Å²) in [6, 6.07) is 33.6. The number of halogens is 1. The zero-order chi connectivity index (χ0) is 23.3. The number of aryl methyl sites for hydroxylation is 4. The summed E-state index contributed by atoms with van der Waals surface area (Å²) >= 11 is 0. The first kappa shape index (κ1) is 25.4. The van der Waals surface area contributed by atoms with E-state index in [0.717, 1.165) is 22.7 Å². The molecule has 34 heavy (non-hydrogen) atoms. The maximum atomic E-state index is 3.87. The van der Waals surface area contributed by atoms with E-state index in [1.165, 1.54) is 22.3 Å². The van der Waals surface area contributed by atoms with Crippen molar-refractivity contribution in [2.24, 2.45) is 0 Å². The van der Waals surface area contributed by atoms with Crippen molar-refractivity contribution >= 4 is 30.6 Å². The second-order valence-electron chi connectivity index (χ2n) is 8.38. The Bertz CT molecular complexity index is 1050. The van der Waals surface area contributed by atoms with Gasteiger partial charge >= 0.3 is 7.87 Å². The highest BCUT2D eigenvalue weighted by molar-refractivity contribution is 7.81. The molecule has 0 amide bonds. The quantitative estimate of drug-likeness (QED) is 0.251. The molecule has 6 heteroatoms. The van der Waals surface area contributed by atoms with Crippen molar-refractivity contribution in [3.8, 4) is 0 Å². The fourth-order valence-electron chi connectivity index (χ4n) is 3.68. The first-order chi connectivity index (χ1) is 16.0. The highest BCUT2D eigenvalue weighted by atomic mass is 35.5. The summed E-state index contributed by atoms with van der Waals surface area (Å²) in [5, 5.41) is 15.5. The number of nitrogens with one attached hydrogen (secondary N) is 4. The van der Waals surface area contributed by atoms with Gasteiger partial charge in [-0.2, -0.15) is 0 Å². The molecule has 4 aromatic rings. The van der Waals surface area contributed by atoms with Crippen molar-refractivity contribution in [2.75, 3.05) is 20.3 Å². The Morgan fingerprint density at radius 2 is 0.588 bits per heavy atom. The lowest BCUT2D eigenvalue weighted by atomic mass is 10.2. The Morgan fingerprint density at radius 3 is 0.794 bits per heavy atom. The van der Waals surface area contributed by atoms with Crippen molar-refractivity contribution in [3.63, 3.8) is 0 Å². The van der Waals surface area contributed by atoms with Crippen LogP contribution in [-0.4, -0.2) is 0 Å². The molecule has 4 rings (SSSR count). The zero-order valence-electron chi connectivity index (χ0n) is 20.1. The van der Waals surface area contributed by atoms with Gasteiger partial charge in [0.15, 0.2) is 0 Å². The lowest BCUT2D eigenvalue weighted by molar-refractivity contribution is -0.00000682. The van der Waals surface area contributed by atoms with E-state index in [4.69, 9.17) is 0 Å². The van der Waals surface area contributed by atoms with E-state index in [-0.39, 0.29) is 12.4 Å². The summed E-state index contributed by atoms with van der Waals surface area (Å²) in [4.78, 5) is 0. The molecular weight excluding hydrogens is 459 g/mol. The van der Waals surface area contributed by atoms with Gasteiger partial charge < -0.3 is 12.4 Å². The molecule has 0 saturated carbocycles. The number of hydrogen-bond donors (Lipinski definition) is 4. The normalized spacial score (nSPS) is 10.7. The summed E-state index contributed by atoms with van der Waals surface area (Å²) in [7, 11) is -2.49. The van der Waals surface area contributed by atoms with Gasteiger partial charge in [0.2, 0.25) is 0 Å². The van der Waals surface area contributed by atoms with Crippen LogP contribution in [-0.2, 0) is 0 Å². The van der Waals surface area contributed by atoms with E-state index < -0.39 is 7.87 Å². The fraction of sp³-hybridized carbons (Fsp3) is 0.143. The fourth-order valence-corrected chi connectivity index (χ4v) is 6.47. The predicted octanol–water partition coefficient (Wildman–Crippen LogP) is 5.35. The maximum absolute atomic E-state index is 3.87. The largest absolute Gasteiger partial charge is 1.00 e. The van der Waals surface area contributed by atoms with E-state index in [2.05, 4.69) is 145 Å². The molecule has 0 aliphatic carbocycles. The molecule has 176 valence electrons. The number of hydrogen-bond acceptors (Lipinski definition) is 4. The third kappa shape index (κ3) is 6.02. The molecular formula is C28H32ClN4P. The SMILES string of the molecule is Cc1ccccc1N[P+](Nc1ccccc1C)(Nc1ccccc1C)Nc1ccccc1C.[Cl-]. The first-order valence-electron chi connectivity index (χ1n) is 11.2. The second-order valence-corrected chi connectivity index (χ2v) is 10.6. The average Bonchev–Trinajstić information content (AvgIpc) is 2.80. The van der Waals surface area contributed by atoms with Crippen LogP contribution in [0.5, 0.6) is 0 Å². The third-order valence-electron chi connectivity index (χ3n) is 5.73. The minimum atomic E-state index is -2.49. The Hall–Kier alpha value is -3.20. The number of para-hydroxylation sites is 4. The summed E-state index contributed by atoms with van der Waals surface area (Å²) in [6.07, 6.45) is 0. The Labute approximate surface area is 210 Å². The molecule has 0 aliphatic heterocycles. The van der Waals surface area contributed by atoms with Gasteiger partial charge in [-0.3, -0.25) is 0 Å². The van der Waals surface area contributed by atoms with Crippen molar-refractivity contribution in [1.82, 2.24) is 0 Å². The van der Waals surface area contributed by atoms with Crippen LogP contribution < -0.4 is 32.8 Å². The summed E-state index contributed by atoms with van der Waals surface area (Å²) < 4.78 is 0. The Balaban J connectivity index is 0.00000324. The van der Waals surface area contributed by atoms with E-state index in [0.29, 0.717) is 0 Å². The van der Waals surface area contributed by atoms with E-state index in [1.807, 2.05) is 0 Å². The molecule has 4 nitrogen and oxygen atoms in total. The molecule has 0 heterocycles. The van der Waals surface area contributed by atoms with Crippen molar-refractivity contribution in [3.05, 3.63) is 119 Å². The minimum Gasteiger partial charge on any atom is -1.00 e. The highest BCUT2D eigenvalue weighted by Crippen LogP contribution is 2.57. The van der Waals surface area contributed by atoms with Gasteiger partial charge in [-0.25, -0.2) is 20.3 Å². The molecule has 0 saturated heterocycles. The molecule has 0 aliphatic rings. The summed E-state index contributed by atoms with van der Waals surface area (Å²) in [5.41, 5.74) is 9.06. The van der Waals surface area contributed by atoms with Gasteiger partial charge in [-0.1, -0.05) is 72.8 Å². The number of rotatable bonds is 8. The zero-order valence-corrected chi connectivity index (χ0v) is 21.7. The highest BCUT2D eigenvalue weighted by Gasteiger charge is 2.42. The number of benzene rings is 4. The molecule has 0 atom stereocenters. The number of anilines is 4. The smallest absolute Gasteiger partial charge is 0.395 e. The van der Waals surface area contributed by atoms with E-state index >= 15 is 0 Å². The van der Waals surface area contributed by atoms with Crippen LogP contribution in [0.3, 0.4) is 0 Å². The summed E-state index contributed by atoms with van der Waals surface area (Å²) in [5.74, 6) is 0. The lowest BCUT2D eigenvalue weighted by Gasteiger charge is -2.31. The van der Waals surface area contributed by atoms with Crippen molar-refractivity contribution in [2.45, 2.75) is 27.7 Å². The molecule has 4 aromatic carbocycles. The standard InChI is InChI=1S/C28H32N4P.ClH/c1-21-13-5-9-17-25(21)29-33(30-26-18-10-6-14-22(26)2,31-27-19-11-7-15-23(27)3)32-28-20-12-8-16-24(28)4;/h5-20,29-32H,1-4H3;1H/q+1;/p-1. The van der Waals surface area contributed by atoms with Crippen LogP contribution >= 0.6 is 7.87 Å². The topological polar surface area (TPSA) is 48.1 Å². The van der Waals surface area contributed by atoms with Crippen LogP contribution in [0.4, 0.5) is 22.7 Å². The lowest BCUT2D eigenvalue weighted by Crippen LogP contribution is -3.00. The minimum absolute atomic E-state index is 0. The first-order valence-corrected chi connectivity index (χ1v) is 13.0. The van der Waals surface area contributed by atoms with Crippen molar-refractivity contribution < 1.29 is 12.4 Å². The molecule has 0 unspecified atom stereocenters. The van der Waals surface area contributed by atoms with E-state index in [1.54, 1.807) is 0 Å². The summed E-state index contributed by atoms with van der Waals surface area (Å²) in [6.45, 7) is 8.53. The monoisotopic (exact) mass is 490 g/mol. The molecule has 0 aromatic heterocycles. The Kier molecular flexibility index (Phi) is 8.44. The van der Waals surface area contributed by atoms with E-state index in [9.17, 15) is 0 Å². The Morgan fingerprint density at radius 1 is 0.382 bits per heavy atom. The molecule has 4 N–H and O–H groups in total. The molecule has 0 spiro atoms. The van der Waals surface area contributed by atoms with Gasteiger partial charge in [0.05, 0.1) is 22.7 Å². The third-order valence-corrected chi connectivity index (χ3v) is 8.04. The van der Waals surface area contributed by atoms with Crippen LogP contribution in [0.2, 0.25) is 0 Å². The van der Waals surface area contributed by atoms with Crippen LogP contribution in [0.25, 0.3) is 0 Å². The molecule has 0 bridgehead atoms. The van der Waals surface area contributed by atoms with Crippen LogP contribution in [0.1, 0.15) is 22.3 Å². The van der Waals surface area contributed by atoms with Gasteiger partial charge in [0.25, 0.3) is 0 Å². The van der Waals surface area contributed by atoms with Crippen LogP contribution in [0.15, 0.2) is 97.1 Å². The molecule has 0 fully saturated rings. The maximum Gasteiger partial charge on any atom is 0.395 e. The van der Waals surface area contributed by atoms with Crippen LogP contribution in [0, 0.1) is 27.7 Å². The van der Waals surface area contributed by atoms with Gasteiger partial charge in [0, 0.05) is 0 Å². The van der Waals surface area contributed by atoms with Gasteiger partial charge in [0.1, 0.15) is 0 Å². The van der Waals surface area contributed by atoms with Gasteiger partial charge in [-0.05, 0) is 74.2 Å². The van der Waals surface area contributed by atoms with Crippen molar-refractivity contribution in [1.29, 1.82) is 0 Å². The second kappa shape index (κ2) is 11.3. The van der Waals surface area contributed by atoms with Gasteiger partial charge in [-0.15, -0.1) is 0 Å². The average molecular weight is 491 g/mol.